The van der Waals surface area contributed by atoms with Gasteiger partial charge in [0.2, 0.25) is 0 Å². The summed E-state index contributed by atoms with van der Waals surface area (Å²) in [6.45, 7) is 0. The third-order valence-corrected chi connectivity index (χ3v) is 2.40. The fourth-order valence-corrected chi connectivity index (χ4v) is 1.46. The van der Waals surface area contributed by atoms with Crippen LogP contribution in [0.1, 0.15) is 10.4 Å². The molecule has 0 bridgehead atoms. The van der Waals surface area contributed by atoms with E-state index in [2.05, 4.69) is 15.6 Å². The van der Waals surface area contributed by atoms with E-state index in [1.807, 2.05) is 0 Å². The van der Waals surface area contributed by atoms with Crippen LogP contribution in [0, 0.1) is 5.82 Å². The van der Waals surface area contributed by atoms with Crippen molar-refractivity contribution in [3.8, 4) is 0 Å². The zero-order valence-corrected chi connectivity index (χ0v) is 9.77. The average molecular weight is 245 g/mol. The number of anilines is 2. The molecule has 1 amide bonds. The van der Waals surface area contributed by atoms with Gasteiger partial charge in [-0.25, -0.2) is 9.37 Å². The van der Waals surface area contributed by atoms with Crippen LogP contribution < -0.4 is 10.6 Å². The summed E-state index contributed by atoms with van der Waals surface area (Å²) in [4.78, 5) is 15.8. The van der Waals surface area contributed by atoms with Crippen LogP contribution in [0.5, 0.6) is 0 Å². The quantitative estimate of drug-likeness (QED) is 0.873. The largest absolute Gasteiger partial charge is 0.373 e. The molecule has 0 aliphatic carbocycles. The molecule has 18 heavy (non-hydrogen) atoms. The van der Waals surface area contributed by atoms with Crippen LogP contribution in [-0.4, -0.2) is 17.9 Å². The highest BCUT2D eigenvalue weighted by molar-refractivity contribution is 6.04. The summed E-state index contributed by atoms with van der Waals surface area (Å²) >= 11 is 0. The van der Waals surface area contributed by atoms with Crippen molar-refractivity contribution in [3.05, 3.63) is 54.0 Å². The molecular formula is C13H12FN3O. The van der Waals surface area contributed by atoms with Crippen molar-refractivity contribution >= 4 is 17.4 Å². The van der Waals surface area contributed by atoms with Gasteiger partial charge in [0, 0.05) is 7.05 Å². The fourth-order valence-electron chi connectivity index (χ4n) is 1.46. The lowest BCUT2D eigenvalue weighted by molar-refractivity contribution is 0.102. The van der Waals surface area contributed by atoms with E-state index in [1.165, 1.54) is 24.4 Å². The number of pyridine rings is 1. The molecule has 0 fully saturated rings. The SMILES string of the molecule is CNc1ccc(NC(=O)c2ccccc2F)cn1. The van der Waals surface area contributed by atoms with Gasteiger partial charge in [-0.3, -0.25) is 4.79 Å². The standard InChI is InChI=1S/C13H12FN3O/c1-15-12-7-6-9(8-16-12)17-13(18)10-4-2-3-5-11(10)14/h2-8H,1H3,(H,15,16)(H,17,18). The molecule has 0 radical (unpaired) electrons. The van der Waals surface area contributed by atoms with Crippen molar-refractivity contribution in [2.45, 2.75) is 0 Å². The zero-order chi connectivity index (χ0) is 13.0. The average Bonchev–Trinajstić information content (AvgIpc) is 2.40. The Hall–Kier alpha value is -2.43. The maximum atomic E-state index is 13.4. The van der Waals surface area contributed by atoms with E-state index in [4.69, 9.17) is 0 Å². The van der Waals surface area contributed by atoms with E-state index in [0.29, 0.717) is 11.5 Å². The first-order valence-corrected chi connectivity index (χ1v) is 5.40. The molecule has 1 aromatic heterocycles. The smallest absolute Gasteiger partial charge is 0.258 e. The first-order chi connectivity index (χ1) is 8.70. The molecule has 0 atom stereocenters. The molecule has 1 heterocycles. The molecule has 2 N–H and O–H groups in total. The molecule has 2 aromatic rings. The zero-order valence-electron chi connectivity index (χ0n) is 9.77. The number of rotatable bonds is 3. The Balaban J connectivity index is 2.14. The van der Waals surface area contributed by atoms with Crippen molar-refractivity contribution < 1.29 is 9.18 Å². The van der Waals surface area contributed by atoms with Crippen molar-refractivity contribution in [2.24, 2.45) is 0 Å². The van der Waals surface area contributed by atoms with Crippen molar-refractivity contribution in [1.82, 2.24) is 4.98 Å². The minimum atomic E-state index is -0.546. The molecule has 0 unspecified atom stereocenters. The topological polar surface area (TPSA) is 54.0 Å². The number of amides is 1. The Labute approximate surface area is 104 Å². The molecule has 0 spiro atoms. The van der Waals surface area contributed by atoms with Gasteiger partial charge in [-0.05, 0) is 24.3 Å². The molecule has 0 saturated heterocycles. The minimum absolute atomic E-state index is 0.00944. The number of nitrogens with one attached hydrogen (secondary N) is 2. The Morgan fingerprint density at radius 1 is 1.22 bits per heavy atom. The van der Waals surface area contributed by atoms with Gasteiger partial charge < -0.3 is 10.6 Å². The number of nitrogens with zero attached hydrogens (tertiary/aromatic N) is 1. The molecule has 0 saturated carbocycles. The summed E-state index contributed by atoms with van der Waals surface area (Å²) in [7, 11) is 1.75. The summed E-state index contributed by atoms with van der Waals surface area (Å²) in [5.41, 5.74) is 0.525. The van der Waals surface area contributed by atoms with E-state index in [1.54, 1.807) is 25.2 Å². The Bertz CT molecular complexity index is 554. The Morgan fingerprint density at radius 3 is 2.61 bits per heavy atom. The summed E-state index contributed by atoms with van der Waals surface area (Å²) in [6, 6.07) is 9.24. The lowest BCUT2D eigenvalue weighted by atomic mass is 10.2. The van der Waals surface area contributed by atoms with Crippen LogP contribution in [0.3, 0.4) is 0 Å². The monoisotopic (exact) mass is 245 g/mol. The molecule has 2 rings (SSSR count). The first kappa shape index (κ1) is 12.0. The minimum Gasteiger partial charge on any atom is -0.373 e. The molecule has 0 aliphatic rings. The van der Waals surface area contributed by atoms with E-state index in [9.17, 15) is 9.18 Å². The highest BCUT2D eigenvalue weighted by Gasteiger charge is 2.10. The maximum Gasteiger partial charge on any atom is 0.258 e. The third kappa shape index (κ3) is 2.63. The molecule has 92 valence electrons. The second-order valence-corrected chi connectivity index (χ2v) is 3.62. The van der Waals surface area contributed by atoms with Gasteiger partial charge in [0.15, 0.2) is 0 Å². The van der Waals surface area contributed by atoms with Gasteiger partial charge in [-0.1, -0.05) is 12.1 Å². The van der Waals surface area contributed by atoms with Gasteiger partial charge in [0.25, 0.3) is 5.91 Å². The van der Waals surface area contributed by atoms with Crippen LogP contribution in [0.2, 0.25) is 0 Å². The van der Waals surface area contributed by atoms with Gasteiger partial charge in [0.05, 0.1) is 17.4 Å². The normalized spacial score (nSPS) is 9.89. The highest BCUT2D eigenvalue weighted by atomic mass is 19.1. The van der Waals surface area contributed by atoms with Gasteiger partial charge in [0.1, 0.15) is 11.6 Å². The van der Waals surface area contributed by atoms with Crippen LogP contribution in [0.25, 0.3) is 0 Å². The first-order valence-electron chi connectivity index (χ1n) is 5.40. The summed E-state index contributed by atoms with van der Waals surface area (Å²) in [5, 5.41) is 5.45. The second-order valence-electron chi connectivity index (χ2n) is 3.62. The van der Waals surface area contributed by atoms with Crippen molar-refractivity contribution in [2.75, 3.05) is 17.7 Å². The number of hydrogen-bond acceptors (Lipinski definition) is 3. The Kier molecular flexibility index (Phi) is 3.52. The van der Waals surface area contributed by atoms with E-state index < -0.39 is 11.7 Å². The maximum absolute atomic E-state index is 13.4. The predicted octanol–water partition coefficient (Wildman–Crippen LogP) is 2.51. The number of hydrogen-bond donors (Lipinski definition) is 2. The number of carbonyl (C=O) groups excluding carboxylic acids is 1. The summed E-state index contributed by atoms with van der Waals surface area (Å²) < 4.78 is 13.4. The molecule has 0 aliphatic heterocycles. The lowest BCUT2D eigenvalue weighted by Crippen LogP contribution is -2.13. The second kappa shape index (κ2) is 5.27. The van der Waals surface area contributed by atoms with Crippen LogP contribution >= 0.6 is 0 Å². The Morgan fingerprint density at radius 2 is 2.00 bits per heavy atom. The van der Waals surface area contributed by atoms with Gasteiger partial charge in [-0.15, -0.1) is 0 Å². The fraction of sp³-hybridized carbons (Fsp3) is 0.0769. The molecular weight excluding hydrogens is 233 g/mol. The molecule has 5 heteroatoms. The number of carbonyl (C=O) groups is 1. The van der Waals surface area contributed by atoms with Gasteiger partial charge in [-0.2, -0.15) is 0 Å². The van der Waals surface area contributed by atoms with Crippen LogP contribution in [0.4, 0.5) is 15.9 Å². The third-order valence-electron chi connectivity index (χ3n) is 2.40. The summed E-state index contributed by atoms with van der Waals surface area (Å²) in [5.74, 6) is -0.346. The predicted molar refractivity (Wildman–Crippen MR) is 68.1 cm³/mol. The molecule has 1 aromatic carbocycles. The van der Waals surface area contributed by atoms with E-state index in [-0.39, 0.29) is 5.56 Å². The van der Waals surface area contributed by atoms with Crippen LogP contribution in [-0.2, 0) is 0 Å². The van der Waals surface area contributed by atoms with Gasteiger partial charge >= 0.3 is 0 Å². The molecule has 4 nitrogen and oxygen atoms in total. The van der Waals surface area contributed by atoms with Crippen LogP contribution in [0.15, 0.2) is 42.6 Å². The number of aromatic nitrogens is 1. The summed E-state index contributed by atoms with van der Waals surface area (Å²) in [6.07, 6.45) is 1.50. The number of halogens is 1. The highest BCUT2D eigenvalue weighted by Crippen LogP contribution is 2.12. The number of benzene rings is 1. The van der Waals surface area contributed by atoms with Crippen molar-refractivity contribution in [1.29, 1.82) is 0 Å². The lowest BCUT2D eigenvalue weighted by Gasteiger charge is -2.06. The van der Waals surface area contributed by atoms with Crippen molar-refractivity contribution in [3.63, 3.8) is 0 Å². The van der Waals surface area contributed by atoms with E-state index >= 15 is 0 Å². The van der Waals surface area contributed by atoms with E-state index in [0.717, 1.165) is 0 Å².